The molecule has 0 spiro atoms. The Labute approximate surface area is 185 Å². The summed E-state index contributed by atoms with van der Waals surface area (Å²) >= 11 is 8.78. The second-order valence-electron chi connectivity index (χ2n) is 6.64. The molecule has 2 heterocycles. The highest BCUT2D eigenvalue weighted by Crippen LogP contribution is 2.29. The van der Waals surface area contributed by atoms with Crippen LogP contribution in [0, 0.1) is 12.7 Å². The largest absolute Gasteiger partial charge is 0.347 e. The molecule has 4 nitrogen and oxygen atoms in total. The lowest BCUT2D eigenvalue weighted by Crippen LogP contribution is -2.22. The van der Waals surface area contributed by atoms with E-state index in [1.54, 1.807) is 17.4 Å². The van der Waals surface area contributed by atoms with Crippen molar-refractivity contribution < 1.29 is 14.0 Å². The monoisotopic (exact) mass is 458 g/mol. The predicted octanol–water partition coefficient (Wildman–Crippen LogP) is 6.25. The molecule has 8 heteroatoms. The third-order valence-corrected chi connectivity index (χ3v) is 7.01. The number of hydrogen-bond acceptors (Lipinski definition) is 4. The summed E-state index contributed by atoms with van der Waals surface area (Å²) in [6.45, 7) is 2.24. The van der Waals surface area contributed by atoms with Gasteiger partial charge in [0.15, 0.2) is 0 Å². The second kappa shape index (κ2) is 8.55. The topological polar surface area (TPSA) is 58.2 Å². The van der Waals surface area contributed by atoms with Crippen molar-refractivity contribution in [1.82, 2.24) is 5.32 Å². The van der Waals surface area contributed by atoms with Gasteiger partial charge in [0, 0.05) is 11.2 Å². The number of aryl methyl sites for hydroxylation is 1. The summed E-state index contributed by atoms with van der Waals surface area (Å²) in [6, 6.07) is 13.4. The Kier molecular flexibility index (Phi) is 5.85. The van der Waals surface area contributed by atoms with Gasteiger partial charge in [0.2, 0.25) is 0 Å². The van der Waals surface area contributed by atoms with Crippen LogP contribution in [0.3, 0.4) is 0 Å². The van der Waals surface area contributed by atoms with Gasteiger partial charge in [-0.2, -0.15) is 0 Å². The molecule has 4 aromatic rings. The van der Waals surface area contributed by atoms with Crippen LogP contribution in [-0.2, 0) is 6.54 Å². The zero-order chi connectivity index (χ0) is 21.3. The lowest BCUT2D eigenvalue weighted by molar-refractivity contribution is 0.0953. The van der Waals surface area contributed by atoms with Crippen LogP contribution < -0.4 is 10.6 Å². The van der Waals surface area contributed by atoms with E-state index in [-0.39, 0.29) is 16.5 Å². The molecule has 0 aliphatic heterocycles. The molecule has 0 aliphatic rings. The first-order valence-corrected chi connectivity index (χ1v) is 11.1. The third kappa shape index (κ3) is 4.23. The van der Waals surface area contributed by atoms with Crippen molar-refractivity contribution >= 4 is 61.2 Å². The normalized spacial score (nSPS) is 10.9. The molecular weight excluding hydrogens is 443 g/mol. The van der Waals surface area contributed by atoms with Gasteiger partial charge in [-0.05, 0) is 59.1 Å². The van der Waals surface area contributed by atoms with Crippen LogP contribution in [0.4, 0.5) is 9.39 Å². The average molecular weight is 459 g/mol. The molecule has 0 saturated carbocycles. The first-order valence-electron chi connectivity index (χ1n) is 9.02. The Morgan fingerprint density at radius 1 is 1.10 bits per heavy atom. The van der Waals surface area contributed by atoms with Crippen LogP contribution in [0.5, 0.6) is 0 Å². The third-order valence-electron chi connectivity index (χ3n) is 4.54. The number of benzene rings is 2. The molecule has 2 aromatic carbocycles. The fourth-order valence-corrected chi connectivity index (χ4v) is 5.25. The highest BCUT2D eigenvalue weighted by atomic mass is 35.5. The lowest BCUT2D eigenvalue weighted by Gasteiger charge is -2.05. The summed E-state index contributed by atoms with van der Waals surface area (Å²) in [6.07, 6.45) is 0. The zero-order valence-corrected chi connectivity index (χ0v) is 18.2. The molecule has 30 heavy (non-hydrogen) atoms. The van der Waals surface area contributed by atoms with E-state index in [1.807, 2.05) is 30.5 Å². The summed E-state index contributed by atoms with van der Waals surface area (Å²) < 4.78 is 14.4. The summed E-state index contributed by atoms with van der Waals surface area (Å²) in [5, 5.41) is 9.40. The van der Waals surface area contributed by atoms with E-state index in [1.165, 1.54) is 28.2 Å². The minimum absolute atomic E-state index is 0.0294. The quantitative estimate of drug-likeness (QED) is 0.371. The van der Waals surface area contributed by atoms with Gasteiger partial charge in [0.25, 0.3) is 11.8 Å². The molecule has 0 saturated heterocycles. The van der Waals surface area contributed by atoms with Crippen molar-refractivity contribution in [2.24, 2.45) is 0 Å². The number of halogens is 2. The summed E-state index contributed by atoms with van der Waals surface area (Å²) in [5.74, 6) is -1.17. The predicted molar refractivity (Wildman–Crippen MR) is 121 cm³/mol. The highest BCUT2D eigenvalue weighted by molar-refractivity contribution is 7.18. The fraction of sp³-hybridized carbons (Fsp3) is 0.0909. The van der Waals surface area contributed by atoms with E-state index in [0.29, 0.717) is 16.4 Å². The first kappa shape index (κ1) is 20.5. The molecule has 152 valence electrons. The maximum atomic E-state index is 13.2. The smallest absolute Gasteiger partial charge is 0.261 e. The summed E-state index contributed by atoms with van der Waals surface area (Å²) in [7, 11) is 0. The number of fused-ring (bicyclic) bond motifs is 1. The van der Waals surface area contributed by atoms with Crippen molar-refractivity contribution in [3.05, 3.63) is 86.3 Å². The molecule has 0 aliphatic carbocycles. The van der Waals surface area contributed by atoms with E-state index < -0.39 is 11.7 Å². The van der Waals surface area contributed by atoms with Crippen molar-refractivity contribution in [3.8, 4) is 0 Å². The molecular formula is C22H16ClFN2O2S2. The zero-order valence-electron chi connectivity index (χ0n) is 15.8. The lowest BCUT2D eigenvalue weighted by atomic mass is 10.2. The number of amides is 2. The SMILES string of the molecule is Cc1cc(NC(=O)c2ccc(F)cc2Cl)sc1C(=O)NCc1csc2ccccc12. The molecule has 0 bridgehead atoms. The molecule has 4 rings (SSSR count). The number of carbonyl (C=O) groups is 2. The Balaban J connectivity index is 1.45. The highest BCUT2D eigenvalue weighted by Gasteiger charge is 2.17. The van der Waals surface area contributed by atoms with Gasteiger partial charge in [0.1, 0.15) is 5.82 Å². The first-order chi connectivity index (χ1) is 14.4. The standard InChI is InChI=1S/C22H16ClFN2O2S2/c1-12-8-19(26-21(27)16-7-6-14(24)9-17(16)23)30-20(12)22(28)25-10-13-11-29-18-5-3-2-4-15(13)18/h2-9,11H,10H2,1H3,(H,25,28)(H,26,27). The Morgan fingerprint density at radius 2 is 1.90 bits per heavy atom. The van der Waals surface area contributed by atoms with Gasteiger partial charge in [-0.3, -0.25) is 9.59 Å². The molecule has 0 radical (unpaired) electrons. The van der Waals surface area contributed by atoms with Gasteiger partial charge in [-0.25, -0.2) is 4.39 Å². The van der Waals surface area contributed by atoms with Gasteiger partial charge < -0.3 is 10.6 Å². The van der Waals surface area contributed by atoms with E-state index in [9.17, 15) is 14.0 Å². The summed E-state index contributed by atoms with van der Waals surface area (Å²) in [5.41, 5.74) is 1.99. The Morgan fingerprint density at radius 3 is 2.70 bits per heavy atom. The molecule has 0 unspecified atom stereocenters. The summed E-state index contributed by atoms with van der Waals surface area (Å²) in [4.78, 5) is 25.6. The molecule has 0 fully saturated rings. The number of rotatable bonds is 5. The average Bonchev–Trinajstić information content (AvgIpc) is 3.29. The maximum absolute atomic E-state index is 13.2. The van der Waals surface area contributed by atoms with Gasteiger partial charge in [-0.15, -0.1) is 22.7 Å². The van der Waals surface area contributed by atoms with E-state index in [0.717, 1.165) is 22.6 Å². The van der Waals surface area contributed by atoms with Gasteiger partial charge in [-0.1, -0.05) is 29.8 Å². The van der Waals surface area contributed by atoms with Crippen LogP contribution in [0.2, 0.25) is 5.02 Å². The number of carbonyl (C=O) groups excluding carboxylic acids is 2. The Bertz CT molecular complexity index is 1270. The van der Waals surface area contributed by atoms with Crippen molar-refractivity contribution in [2.45, 2.75) is 13.5 Å². The Hall–Kier alpha value is -2.74. The van der Waals surface area contributed by atoms with E-state index >= 15 is 0 Å². The van der Waals surface area contributed by atoms with Gasteiger partial charge in [0.05, 0.1) is 20.5 Å². The maximum Gasteiger partial charge on any atom is 0.261 e. The van der Waals surface area contributed by atoms with E-state index in [2.05, 4.69) is 16.7 Å². The number of anilines is 1. The number of hydrogen-bond donors (Lipinski definition) is 2. The second-order valence-corrected chi connectivity index (χ2v) is 9.01. The molecule has 0 atom stereocenters. The van der Waals surface area contributed by atoms with Crippen LogP contribution >= 0.6 is 34.3 Å². The number of nitrogens with one attached hydrogen (secondary N) is 2. The molecule has 2 aromatic heterocycles. The fourth-order valence-electron chi connectivity index (χ4n) is 3.05. The van der Waals surface area contributed by atoms with Crippen LogP contribution in [0.25, 0.3) is 10.1 Å². The van der Waals surface area contributed by atoms with Crippen LogP contribution in [0.1, 0.15) is 31.2 Å². The molecule has 2 N–H and O–H groups in total. The molecule has 2 amide bonds. The van der Waals surface area contributed by atoms with Crippen molar-refractivity contribution in [1.29, 1.82) is 0 Å². The van der Waals surface area contributed by atoms with Crippen molar-refractivity contribution in [3.63, 3.8) is 0 Å². The van der Waals surface area contributed by atoms with Crippen LogP contribution in [0.15, 0.2) is 53.9 Å². The minimum Gasteiger partial charge on any atom is -0.347 e. The van der Waals surface area contributed by atoms with Gasteiger partial charge >= 0.3 is 0 Å². The van der Waals surface area contributed by atoms with Crippen molar-refractivity contribution in [2.75, 3.05) is 5.32 Å². The van der Waals surface area contributed by atoms with Crippen LogP contribution in [-0.4, -0.2) is 11.8 Å². The minimum atomic E-state index is -0.513. The number of thiophene rings is 2. The van der Waals surface area contributed by atoms with E-state index in [4.69, 9.17) is 11.6 Å².